The third-order valence-electron chi connectivity index (χ3n) is 4.98. The topological polar surface area (TPSA) is 92.7 Å². The van der Waals surface area contributed by atoms with Crippen LogP contribution in [-0.4, -0.2) is 37.5 Å². The highest BCUT2D eigenvalue weighted by molar-refractivity contribution is 7.99. The van der Waals surface area contributed by atoms with Gasteiger partial charge in [0, 0.05) is 6.04 Å². The van der Waals surface area contributed by atoms with E-state index in [2.05, 4.69) is 20.4 Å². The van der Waals surface area contributed by atoms with Crippen LogP contribution in [0.5, 0.6) is 0 Å². The fraction of sp³-hybridized carbons (Fsp3) is 0.400. The SMILES string of the molecule is O=C(CSc1nc2c(cnn2-c2ccccc2)c(=O)[nH]1)NC1CCCCCC1. The molecule has 0 saturated heterocycles. The summed E-state index contributed by atoms with van der Waals surface area (Å²) in [5, 5.41) is 8.26. The number of thioether (sulfide) groups is 1. The van der Waals surface area contributed by atoms with Gasteiger partial charge in [-0.3, -0.25) is 9.59 Å². The van der Waals surface area contributed by atoms with Crippen LogP contribution in [0.25, 0.3) is 16.7 Å². The van der Waals surface area contributed by atoms with Crippen molar-refractivity contribution in [3.05, 3.63) is 46.9 Å². The van der Waals surface area contributed by atoms with E-state index >= 15 is 0 Å². The Morgan fingerprint density at radius 2 is 1.93 bits per heavy atom. The number of H-pyrrole nitrogens is 1. The highest BCUT2D eigenvalue weighted by Crippen LogP contribution is 2.19. The van der Waals surface area contributed by atoms with Gasteiger partial charge in [0.15, 0.2) is 10.8 Å². The van der Waals surface area contributed by atoms with Gasteiger partial charge in [0.05, 0.1) is 17.6 Å². The van der Waals surface area contributed by atoms with Crippen molar-refractivity contribution in [1.82, 2.24) is 25.1 Å². The molecule has 8 heteroatoms. The quantitative estimate of drug-likeness (QED) is 0.392. The molecule has 7 nitrogen and oxygen atoms in total. The molecule has 3 aromatic rings. The van der Waals surface area contributed by atoms with Gasteiger partial charge in [-0.05, 0) is 25.0 Å². The number of benzene rings is 1. The van der Waals surface area contributed by atoms with Crippen molar-refractivity contribution in [3.8, 4) is 5.69 Å². The maximum atomic E-state index is 12.4. The summed E-state index contributed by atoms with van der Waals surface area (Å²) in [6, 6.07) is 9.81. The molecule has 28 heavy (non-hydrogen) atoms. The van der Waals surface area contributed by atoms with Gasteiger partial charge in [-0.2, -0.15) is 5.10 Å². The molecule has 0 radical (unpaired) electrons. The number of nitrogens with zero attached hydrogens (tertiary/aromatic N) is 3. The van der Waals surface area contributed by atoms with E-state index < -0.39 is 0 Å². The molecule has 0 aliphatic heterocycles. The summed E-state index contributed by atoms with van der Waals surface area (Å²) in [5.74, 6) is 0.209. The summed E-state index contributed by atoms with van der Waals surface area (Å²) in [4.78, 5) is 32.0. The van der Waals surface area contributed by atoms with Gasteiger partial charge in [-0.1, -0.05) is 55.6 Å². The maximum absolute atomic E-state index is 12.4. The number of aromatic nitrogens is 4. The Labute approximate surface area is 166 Å². The highest BCUT2D eigenvalue weighted by atomic mass is 32.2. The van der Waals surface area contributed by atoms with E-state index in [1.54, 1.807) is 4.68 Å². The molecule has 1 aromatic carbocycles. The largest absolute Gasteiger partial charge is 0.353 e. The van der Waals surface area contributed by atoms with Crippen molar-refractivity contribution in [2.24, 2.45) is 0 Å². The predicted octanol–water partition coefficient (Wildman–Crippen LogP) is 3.04. The van der Waals surface area contributed by atoms with E-state index in [1.807, 2.05) is 30.3 Å². The van der Waals surface area contributed by atoms with Gasteiger partial charge in [0.2, 0.25) is 5.91 Å². The second kappa shape index (κ2) is 8.60. The van der Waals surface area contributed by atoms with E-state index in [1.165, 1.54) is 43.6 Å². The molecular weight excluding hydrogens is 374 g/mol. The molecule has 146 valence electrons. The molecule has 4 rings (SSSR count). The van der Waals surface area contributed by atoms with Gasteiger partial charge < -0.3 is 10.3 Å². The van der Waals surface area contributed by atoms with Crippen LogP contribution in [0.2, 0.25) is 0 Å². The molecule has 1 aliphatic carbocycles. The average Bonchev–Trinajstić information content (AvgIpc) is 2.97. The van der Waals surface area contributed by atoms with Crippen LogP contribution in [-0.2, 0) is 4.79 Å². The lowest BCUT2D eigenvalue weighted by atomic mass is 10.1. The highest BCUT2D eigenvalue weighted by Gasteiger charge is 2.16. The van der Waals surface area contributed by atoms with Gasteiger partial charge >= 0.3 is 0 Å². The number of hydrogen-bond donors (Lipinski definition) is 2. The normalized spacial score (nSPS) is 15.4. The standard InChI is InChI=1S/C20H23N5O2S/c26-17(22-14-8-4-1-2-5-9-14)13-28-20-23-18-16(19(27)24-20)12-21-25(18)15-10-6-3-7-11-15/h3,6-7,10-12,14H,1-2,4-5,8-9,13H2,(H,22,26)(H,23,24,27). The third-order valence-corrected chi connectivity index (χ3v) is 5.85. The van der Waals surface area contributed by atoms with Crippen molar-refractivity contribution in [3.63, 3.8) is 0 Å². The molecule has 0 unspecified atom stereocenters. The van der Waals surface area contributed by atoms with E-state index in [0.29, 0.717) is 16.2 Å². The molecule has 2 N–H and O–H groups in total. The molecule has 1 saturated carbocycles. The zero-order valence-electron chi connectivity index (χ0n) is 15.6. The van der Waals surface area contributed by atoms with Crippen molar-refractivity contribution in [2.45, 2.75) is 49.7 Å². The lowest BCUT2D eigenvalue weighted by molar-refractivity contribution is -0.119. The number of rotatable bonds is 5. The molecule has 1 amide bonds. The summed E-state index contributed by atoms with van der Waals surface area (Å²) in [6.07, 6.45) is 8.46. The van der Waals surface area contributed by atoms with E-state index in [-0.39, 0.29) is 23.3 Å². The smallest absolute Gasteiger partial charge is 0.262 e. The molecule has 0 spiro atoms. The van der Waals surface area contributed by atoms with Crippen LogP contribution >= 0.6 is 11.8 Å². The Morgan fingerprint density at radius 1 is 1.18 bits per heavy atom. The van der Waals surface area contributed by atoms with Crippen LogP contribution in [0.1, 0.15) is 38.5 Å². The number of carbonyl (C=O) groups excluding carboxylic acids is 1. The molecule has 1 aliphatic rings. The number of nitrogens with one attached hydrogen (secondary N) is 2. The summed E-state index contributed by atoms with van der Waals surface area (Å²) >= 11 is 1.24. The summed E-state index contributed by atoms with van der Waals surface area (Å²) in [6.45, 7) is 0. The van der Waals surface area contributed by atoms with Gasteiger partial charge in [-0.15, -0.1) is 0 Å². The number of aromatic amines is 1. The van der Waals surface area contributed by atoms with Crippen molar-refractivity contribution in [2.75, 3.05) is 5.75 Å². The third kappa shape index (κ3) is 4.27. The number of fused-ring (bicyclic) bond motifs is 1. The maximum Gasteiger partial charge on any atom is 0.262 e. The van der Waals surface area contributed by atoms with Crippen molar-refractivity contribution < 1.29 is 4.79 Å². The monoisotopic (exact) mass is 397 g/mol. The minimum Gasteiger partial charge on any atom is -0.353 e. The minimum absolute atomic E-state index is 0.0174. The Hall–Kier alpha value is -2.61. The van der Waals surface area contributed by atoms with Crippen LogP contribution in [0.4, 0.5) is 0 Å². The number of para-hydroxylation sites is 1. The minimum atomic E-state index is -0.251. The number of carbonyl (C=O) groups is 1. The van der Waals surface area contributed by atoms with Gasteiger partial charge in [0.25, 0.3) is 5.56 Å². The molecular formula is C20H23N5O2S. The average molecular weight is 398 g/mol. The first-order chi connectivity index (χ1) is 13.7. The molecule has 0 bridgehead atoms. The summed E-state index contributed by atoms with van der Waals surface area (Å²) in [7, 11) is 0. The van der Waals surface area contributed by atoms with Crippen molar-refractivity contribution in [1.29, 1.82) is 0 Å². The molecule has 2 heterocycles. The number of amides is 1. The molecule has 1 fully saturated rings. The zero-order chi connectivity index (χ0) is 19.3. The fourth-order valence-electron chi connectivity index (χ4n) is 3.55. The Kier molecular flexibility index (Phi) is 5.76. The Morgan fingerprint density at radius 3 is 2.68 bits per heavy atom. The van der Waals surface area contributed by atoms with Crippen molar-refractivity contribution >= 4 is 28.7 Å². The van der Waals surface area contributed by atoms with E-state index in [4.69, 9.17) is 0 Å². The van der Waals surface area contributed by atoms with Gasteiger partial charge in [-0.25, -0.2) is 9.67 Å². The zero-order valence-corrected chi connectivity index (χ0v) is 16.4. The van der Waals surface area contributed by atoms with Crippen LogP contribution in [0.15, 0.2) is 46.5 Å². The lowest BCUT2D eigenvalue weighted by Gasteiger charge is -2.15. The first kappa shape index (κ1) is 18.7. The second-order valence-electron chi connectivity index (χ2n) is 7.04. The predicted molar refractivity (Wildman–Crippen MR) is 110 cm³/mol. The number of hydrogen-bond acceptors (Lipinski definition) is 5. The van der Waals surface area contributed by atoms with Crippen LogP contribution in [0.3, 0.4) is 0 Å². The first-order valence-electron chi connectivity index (χ1n) is 9.66. The second-order valence-corrected chi connectivity index (χ2v) is 8.01. The Balaban J connectivity index is 1.48. The fourth-order valence-corrected chi connectivity index (χ4v) is 4.22. The van der Waals surface area contributed by atoms with E-state index in [0.717, 1.165) is 18.5 Å². The van der Waals surface area contributed by atoms with E-state index in [9.17, 15) is 9.59 Å². The first-order valence-corrected chi connectivity index (χ1v) is 10.6. The van der Waals surface area contributed by atoms with Crippen LogP contribution < -0.4 is 10.9 Å². The van der Waals surface area contributed by atoms with Gasteiger partial charge in [0.1, 0.15) is 5.39 Å². The molecule has 0 atom stereocenters. The molecule has 2 aromatic heterocycles. The lowest BCUT2D eigenvalue weighted by Crippen LogP contribution is -2.35. The Bertz CT molecular complexity index is 1010. The van der Waals surface area contributed by atoms with Crippen LogP contribution in [0, 0.1) is 0 Å². The summed E-state index contributed by atoms with van der Waals surface area (Å²) < 4.78 is 1.64. The summed E-state index contributed by atoms with van der Waals surface area (Å²) in [5.41, 5.74) is 1.07.